The Hall–Kier alpha value is -1.83. The zero-order valence-electron chi connectivity index (χ0n) is 15.8. The minimum Gasteiger partial charge on any atom is -0.469 e. The van der Waals surface area contributed by atoms with E-state index in [0.29, 0.717) is 6.04 Å². The largest absolute Gasteiger partial charge is 0.469 e. The molecule has 3 rings (SSSR count). The first-order valence-electron chi connectivity index (χ1n) is 9.65. The Kier molecular flexibility index (Phi) is 6.34. The van der Waals surface area contributed by atoms with Crippen LogP contribution in [-0.4, -0.2) is 48.8 Å². The molecule has 0 aliphatic carbocycles. The SMILES string of the molecule is COC(=O)C1[C@@H](c2ccc(C#CCCCCO)cc2)CC2CC[C@H]1N2C. The van der Waals surface area contributed by atoms with Gasteiger partial charge in [-0.1, -0.05) is 24.0 Å². The van der Waals surface area contributed by atoms with Gasteiger partial charge in [0.15, 0.2) is 0 Å². The number of nitrogens with zero attached hydrogens (tertiary/aromatic N) is 1. The second-order valence-electron chi connectivity index (χ2n) is 7.46. The van der Waals surface area contributed by atoms with Gasteiger partial charge in [0.2, 0.25) is 0 Å². The van der Waals surface area contributed by atoms with Crippen LogP contribution < -0.4 is 0 Å². The third-order valence-corrected chi connectivity index (χ3v) is 6.02. The molecule has 26 heavy (non-hydrogen) atoms. The number of hydrogen-bond donors (Lipinski definition) is 1. The van der Waals surface area contributed by atoms with Gasteiger partial charge < -0.3 is 9.84 Å². The minimum absolute atomic E-state index is 0.0834. The van der Waals surface area contributed by atoms with Gasteiger partial charge in [-0.15, -0.1) is 0 Å². The molecule has 0 saturated carbocycles. The standard InChI is InChI=1S/C22H29NO3/c1-23-18-12-13-20(23)21(22(25)26-2)19(15-18)17-10-8-16(9-11-17)7-5-3-4-6-14-24/h8-11,18-21,24H,3-4,6,12-15H2,1-2H3/t18?,19-,20-,21?/m1/s1. The topological polar surface area (TPSA) is 49.8 Å². The molecule has 2 fully saturated rings. The molecule has 2 heterocycles. The van der Waals surface area contributed by atoms with Crippen molar-refractivity contribution in [2.45, 2.75) is 56.5 Å². The third-order valence-electron chi connectivity index (χ3n) is 6.02. The number of piperidine rings is 1. The summed E-state index contributed by atoms with van der Waals surface area (Å²) in [6.45, 7) is 0.232. The van der Waals surface area contributed by atoms with E-state index in [2.05, 4.69) is 48.1 Å². The molecule has 1 aromatic carbocycles. The normalized spacial score (nSPS) is 27.7. The van der Waals surface area contributed by atoms with Crippen LogP contribution in [0.15, 0.2) is 24.3 Å². The number of benzene rings is 1. The fourth-order valence-corrected chi connectivity index (χ4v) is 4.57. The molecule has 0 aromatic heterocycles. The van der Waals surface area contributed by atoms with Crippen LogP contribution in [0.3, 0.4) is 0 Å². The van der Waals surface area contributed by atoms with E-state index in [-0.39, 0.29) is 30.5 Å². The lowest BCUT2D eigenvalue weighted by Gasteiger charge is -2.41. The zero-order valence-corrected chi connectivity index (χ0v) is 15.8. The summed E-state index contributed by atoms with van der Waals surface area (Å²) in [5.41, 5.74) is 2.22. The van der Waals surface area contributed by atoms with Crippen molar-refractivity contribution in [1.82, 2.24) is 4.90 Å². The molecular weight excluding hydrogens is 326 g/mol. The molecule has 4 nitrogen and oxygen atoms in total. The van der Waals surface area contributed by atoms with E-state index in [1.165, 1.54) is 19.1 Å². The van der Waals surface area contributed by atoms with Crippen molar-refractivity contribution in [2.75, 3.05) is 20.8 Å². The van der Waals surface area contributed by atoms with Crippen LogP contribution in [0.4, 0.5) is 0 Å². The Morgan fingerprint density at radius 2 is 2.04 bits per heavy atom. The van der Waals surface area contributed by atoms with Gasteiger partial charge in [0.05, 0.1) is 13.0 Å². The molecule has 0 radical (unpaired) electrons. The summed E-state index contributed by atoms with van der Waals surface area (Å²) in [5.74, 6) is 6.40. The van der Waals surface area contributed by atoms with E-state index < -0.39 is 0 Å². The maximum absolute atomic E-state index is 12.5. The molecule has 2 saturated heterocycles. The van der Waals surface area contributed by atoms with Crippen LogP contribution in [0.5, 0.6) is 0 Å². The Labute approximate surface area is 156 Å². The Bertz CT molecular complexity index is 673. The van der Waals surface area contributed by atoms with E-state index in [0.717, 1.165) is 37.7 Å². The number of carbonyl (C=O) groups is 1. The monoisotopic (exact) mass is 355 g/mol. The minimum atomic E-state index is -0.0841. The van der Waals surface area contributed by atoms with E-state index in [4.69, 9.17) is 9.84 Å². The molecule has 0 spiro atoms. The smallest absolute Gasteiger partial charge is 0.310 e. The van der Waals surface area contributed by atoms with Gasteiger partial charge >= 0.3 is 5.97 Å². The summed E-state index contributed by atoms with van der Waals surface area (Å²) in [4.78, 5) is 14.9. The zero-order chi connectivity index (χ0) is 18.5. The van der Waals surface area contributed by atoms with Gasteiger partial charge in [-0.25, -0.2) is 0 Å². The van der Waals surface area contributed by atoms with Crippen molar-refractivity contribution in [3.05, 3.63) is 35.4 Å². The van der Waals surface area contributed by atoms with Gasteiger partial charge in [-0.2, -0.15) is 0 Å². The number of hydrogen-bond acceptors (Lipinski definition) is 4. The highest BCUT2D eigenvalue weighted by Crippen LogP contribution is 2.46. The molecule has 1 aromatic rings. The first-order valence-corrected chi connectivity index (χ1v) is 9.65. The van der Waals surface area contributed by atoms with E-state index in [1.54, 1.807) is 0 Å². The van der Waals surface area contributed by atoms with Crippen LogP contribution in [0.2, 0.25) is 0 Å². The number of fused-ring (bicyclic) bond motifs is 2. The van der Waals surface area contributed by atoms with Crippen LogP contribution in [0.25, 0.3) is 0 Å². The average molecular weight is 355 g/mol. The summed E-state index contributed by atoms with van der Waals surface area (Å²) >= 11 is 0. The molecule has 0 amide bonds. The number of rotatable bonds is 5. The second kappa shape index (κ2) is 8.70. The molecule has 2 aliphatic heterocycles. The molecule has 2 unspecified atom stereocenters. The quantitative estimate of drug-likeness (QED) is 0.501. The molecule has 4 atom stereocenters. The molecule has 4 heteroatoms. The van der Waals surface area contributed by atoms with Gasteiger partial charge in [0, 0.05) is 36.6 Å². The van der Waals surface area contributed by atoms with Crippen LogP contribution in [0.1, 0.15) is 55.6 Å². The molecule has 2 bridgehead atoms. The van der Waals surface area contributed by atoms with Gasteiger partial charge in [-0.05, 0) is 56.8 Å². The van der Waals surface area contributed by atoms with Crippen LogP contribution in [0, 0.1) is 17.8 Å². The van der Waals surface area contributed by atoms with Crippen molar-refractivity contribution in [1.29, 1.82) is 0 Å². The fourth-order valence-electron chi connectivity index (χ4n) is 4.57. The summed E-state index contributed by atoms with van der Waals surface area (Å²) in [5, 5.41) is 8.79. The number of esters is 1. The highest BCUT2D eigenvalue weighted by atomic mass is 16.5. The maximum Gasteiger partial charge on any atom is 0.310 e. The number of methoxy groups -OCH3 is 1. The number of aliphatic hydroxyl groups is 1. The van der Waals surface area contributed by atoms with E-state index in [9.17, 15) is 4.79 Å². The number of aliphatic hydroxyl groups excluding tert-OH is 1. The van der Waals surface area contributed by atoms with Gasteiger partial charge in [0.1, 0.15) is 0 Å². The average Bonchev–Trinajstić information content (AvgIpc) is 2.90. The third kappa shape index (κ3) is 3.95. The number of unbranched alkanes of at least 4 members (excludes halogenated alkanes) is 2. The lowest BCUT2D eigenvalue weighted by Crippen LogP contribution is -2.49. The Balaban J connectivity index is 1.74. The van der Waals surface area contributed by atoms with Crippen molar-refractivity contribution >= 4 is 5.97 Å². The summed E-state index contributed by atoms with van der Waals surface area (Å²) in [7, 11) is 3.64. The summed E-state index contributed by atoms with van der Waals surface area (Å²) in [6.07, 6.45) is 5.81. The molecule has 1 N–H and O–H groups in total. The first kappa shape index (κ1) is 18.9. The fraction of sp³-hybridized carbons (Fsp3) is 0.591. The number of carbonyl (C=O) groups excluding carboxylic acids is 1. The predicted molar refractivity (Wildman–Crippen MR) is 102 cm³/mol. The van der Waals surface area contributed by atoms with Crippen molar-refractivity contribution < 1.29 is 14.6 Å². The first-order chi connectivity index (χ1) is 12.7. The van der Waals surface area contributed by atoms with Crippen LogP contribution in [-0.2, 0) is 9.53 Å². The van der Waals surface area contributed by atoms with Crippen molar-refractivity contribution in [3.8, 4) is 11.8 Å². The van der Waals surface area contributed by atoms with Gasteiger partial charge in [0.25, 0.3) is 0 Å². The predicted octanol–water partition coefficient (Wildman–Crippen LogP) is 2.94. The van der Waals surface area contributed by atoms with Gasteiger partial charge in [-0.3, -0.25) is 9.69 Å². The summed E-state index contributed by atoms with van der Waals surface area (Å²) < 4.78 is 5.14. The second-order valence-corrected chi connectivity index (χ2v) is 7.46. The van der Waals surface area contributed by atoms with E-state index in [1.807, 2.05) is 0 Å². The maximum atomic E-state index is 12.5. The highest BCUT2D eigenvalue weighted by molar-refractivity contribution is 5.75. The molecule has 2 aliphatic rings. The van der Waals surface area contributed by atoms with Crippen molar-refractivity contribution in [2.24, 2.45) is 5.92 Å². The van der Waals surface area contributed by atoms with Crippen LogP contribution >= 0.6 is 0 Å². The number of ether oxygens (including phenoxy) is 1. The Morgan fingerprint density at radius 1 is 1.27 bits per heavy atom. The lowest BCUT2D eigenvalue weighted by atomic mass is 9.76. The molecule has 140 valence electrons. The molecular formula is C22H29NO3. The van der Waals surface area contributed by atoms with E-state index >= 15 is 0 Å². The summed E-state index contributed by atoms with van der Waals surface area (Å²) in [6, 6.07) is 9.23. The highest BCUT2D eigenvalue weighted by Gasteiger charge is 2.49. The Morgan fingerprint density at radius 3 is 2.73 bits per heavy atom. The van der Waals surface area contributed by atoms with Crippen molar-refractivity contribution in [3.63, 3.8) is 0 Å². The lowest BCUT2D eigenvalue weighted by molar-refractivity contribution is -0.150.